The Labute approximate surface area is 105 Å². The lowest BCUT2D eigenvalue weighted by Crippen LogP contribution is -2.53. The first-order chi connectivity index (χ1) is 8.31. The lowest BCUT2D eigenvalue weighted by Gasteiger charge is -2.58. The van der Waals surface area contributed by atoms with Crippen LogP contribution in [-0.4, -0.2) is 31.2 Å². The highest BCUT2D eigenvalue weighted by molar-refractivity contribution is 5.02. The van der Waals surface area contributed by atoms with Gasteiger partial charge in [0.25, 0.3) is 0 Å². The summed E-state index contributed by atoms with van der Waals surface area (Å²) in [5, 5.41) is 3.54. The van der Waals surface area contributed by atoms with E-state index in [4.69, 9.17) is 0 Å². The second-order valence-electron chi connectivity index (χ2n) is 7.48. The molecule has 1 heterocycles. The van der Waals surface area contributed by atoms with Crippen molar-refractivity contribution in [3.63, 3.8) is 0 Å². The highest BCUT2D eigenvalue weighted by Crippen LogP contribution is 2.60. The summed E-state index contributed by atoms with van der Waals surface area (Å²) >= 11 is 0. The van der Waals surface area contributed by atoms with Crippen LogP contribution in [0.1, 0.15) is 44.9 Å². The van der Waals surface area contributed by atoms with Crippen molar-refractivity contribution >= 4 is 0 Å². The van der Waals surface area contributed by atoms with Crippen LogP contribution in [0.15, 0.2) is 0 Å². The summed E-state index contributed by atoms with van der Waals surface area (Å²) in [7, 11) is 0. The predicted molar refractivity (Wildman–Crippen MR) is 69.7 cm³/mol. The molecule has 5 aliphatic rings. The van der Waals surface area contributed by atoms with E-state index in [2.05, 4.69) is 10.2 Å². The molecule has 1 saturated heterocycles. The largest absolute Gasteiger partial charge is 0.304 e. The third-order valence-corrected chi connectivity index (χ3v) is 5.89. The summed E-state index contributed by atoms with van der Waals surface area (Å²) in [6.07, 6.45) is 10.8. The van der Waals surface area contributed by atoms with Crippen molar-refractivity contribution in [2.24, 2.45) is 23.2 Å². The Balaban J connectivity index is 1.48. The minimum Gasteiger partial charge on any atom is -0.304 e. The number of nitrogens with zero attached hydrogens (tertiary/aromatic N) is 1. The van der Waals surface area contributed by atoms with Crippen molar-refractivity contribution in [1.29, 1.82) is 0 Å². The van der Waals surface area contributed by atoms with Gasteiger partial charge in [-0.2, -0.15) is 0 Å². The molecule has 0 aromatic rings. The van der Waals surface area contributed by atoms with Crippen molar-refractivity contribution in [1.82, 2.24) is 10.2 Å². The van der Waals surface area contributed by atoms with E-state index in [1.165, 1.54) is 26.1 Å². The summed E-state index contributed by atoms with van der Waals surface area (Å²) in [6, 6.07) is 0. The molecule has 1 N–H and O–H groups in total. The van der Waals surface area contributed by atoms with E-state index in [0.717, 1.165) is 29.8 Å². The fourth-order valence-corrected chi connectivity index (χ4v) is 5.84. The zero-order valence-electron chi connectivity index (χ0n) is 11.0. The topological polar surface area (TPSA) is 15.3 Å². The minimum absolute atomic E-state index is 0.744. The SMILES string of the molecule is C1CNCN(CC23CC4CC(CC(C4)C2)C3)C1. The molecule has 4 aliphatic carbocycles. The molecule has 0 radical (unpaired) electrons. The Kier molecular flexibility index (Phi) is 2.52. The maximum absolute atomic E-state index is 3.54. The molecule has 17 heavy (non-hydrogen) atoms. The molecule has 0 amide bonds. The molecule has 1 aliphatic heterocycles. The molecule has 0 unspecified atom stereocenters. The Hall–Kier alpha value is -0.0800. The standard InChI is InChI=1S/C15H26N2/c1-2-16-11-17(3-1)10-15-7-12-4-13(8-15)6-14(5-12)9-15/h12-14,16H,1-11H2. The first-order valence-corrected chi connectivity index (χ1v) is 7.74. The van der Waals surface area contributed by atoms with Crippen LogP contribution in [0, 0.1) is 23.2 Å². The molecule has 5 rings (SSSR count). The van der Waals surface area contributed by atoms with E-state index in [-0.39, 0.29) is 0 Å². The van der Waals surface area contributed by atoms with Crippen molar-refractivity contribution < 1.29 is 0 Å². The maximum Gasteiger partial charge on any atom is 0.0480 e. The van der Waals surface area contributed by atoms with Gasteiger partial charge in [0.2, 0.25) is 0 Å². The van der Waals surface area contributed by atoms with Crippen molar-refractivity contribution in [2.75, 3.05) is 26.3 Å². The number of hydrogen-bond donors (Lipinski definition) is 1. The zero-order valence-corrected chi connectivity index (χ0v) is 11.0. The van der Waals surface area contributed by atoms with Gasteiger partial charge < -0.3 is 5.32 Å². The highest BCUT2D eigenvalue weighted by atomic mass is 15.2. The van der Waals surface area contributed by atoms with E-state index < -0.39 is 0 Å². The van der Waals surface area contributed by atoms with E-state index in [9.17, 15) is 0 Å². The maximum atomic E-state index is 3.54. The molecule has 5 fully saturated rings. The van der Waals surface area contributed by atoms with Crippen LogP contribution < -0.4 is 5.32 Å². The van der Waals surface area contributed by atoms with Crippen molar-refractivity contribution in [3.8, 4) is 0 Å². The summed E-state index contributed by atoms with van der Waals surface area (Å²) < 4.78 is 0. The Morgan fingerprint density at radius 2 is 1.65 bits per heavy atom. The van der Waals surface area contributed by atoms with Gasteiger partial charge in [-0.25, -0.2) is 0 Å². The predicted octanol–water partition coefficient (Wildman–Crippen LogP) is 2.46. The molecule has 0 aromatic carbocycles. The Morgan fingerprint density at radius 3 is 2.18 bits per heavy atom. The lowest BCUT2D eigenvalue weighted by atomic mass is 9.49. The van der Waals surface area contributed by atoms with E-state index in [1.807, 2.05) is 0 Å². The summed E-state index contributed by atoms with van der Waals surface area (Å²) in [4.78, 5) is 2.70. The average molecular weight is 234 g/mol. The van der Waals surface area contributed by atoms with Crippen LogP contribution in [0.2, 0.25) is 0 Å². The van der Waals surface area contributed by atoms with Crippen LogP contribution in [0.25, 0.3) is 0 Å². The van der Waals surface area contributed by atoms with Gasteiger partial charge in [-0.1, -0.05) is 0 Å². The Bertz CT molecular complexity index is 258. The van der Waals surface area contributed by atoms with Gasteiger partial charge in [-0.05, 0) is 74.7 Å². The van der Waals surface area contributed by atoms with Gasteiger partial charge in [0.15, 0.2) is 0 Å². The molecular formula is C15H26N2. The molecule has 96 valence electrons. The van der Waals surface area contributed by atoms with Crippen LogP contribution in [0.4, 0.5) is 0 Å². The van der Waals surface area contributed by atoms with Crippen molar-refractivity contribution in [3.05, 3.63) is 0 Å². The zero-order chi connectivity index (χ0) is 11.3. The van der Waals surface area contributed by atoms with Gasteiger partial charge in [0, 0.05) is 19.8 Å². The number of rotatable bonds is 2. The van der Waals surface area contributed by atoms with Crippen LogP contribution in [-0.2, 0) is 0 Å². The third-order valence-electron chi connectivity index (χ3n) is 5.89. The third kappa shape index (κ3) is 1.94. The van der Waals surface area contributed by atoms with E-state index >= 15 is 0 Å². The second kappa shape index (κ2) is 3.96. The molecule has 0 spiro atoms. The van der Waals surface area contributed by atoms with Crippen LogP contribution >= 0.6 is 0 Å². The van der Waals surface area contributed by atoms with E-state index in [1.54, 1.807) is 38.5 Å². The van der Waals surface area contributed by atoms with Crippen LogP contribution in [0.5, 0.6) is 0 Å². The fraction of sp³-hybridized carbons (Fsp3) is 1.00. The van der Waals surface area contributed by atoms with Crippen LogP contribution in [0.3, 0.4) is 0 Å². The first-order valence-electron chi connectivity index (χ1n) is 7.74. The summed E-state index contributed by atoms with van der Waals surface area (Å²) in [5.41, 5.74) is 0.744. The second-order valence-corrected chi connectivity index (χ2v) is 7.48. The number of nitrogens with one attached hydrogen (secondary N) is 1. The van der Waals surface area contributed by atoms with Gasteiger partial charge in [-0.3, -0.25) is 4.90 Å². The minimum atomic E-state index is 0.744. The molecule has 0 aromatic heterocycles. The molecule has 4 bridgehead atoms. The summed E-state index contributed by atoms with van der Waals surface area (Å²) in [6.45, 7) is 5.14. The molecular weight excluding hydrogens is 208 g/mol. The molecule has 4 saturated carbocycles. The quantitative estimate of drug-likeness (QED) is 0.789. The fourth-order valence-electron chi connectivity index (χ4n) is 5.84. The molecule has 2 heteroatoms. The smallest absolute Gasteiger partial charge is 0.0480 e. The van der Waals surface area contributed by atoms with Gasteiger partial charge >= 0.3 is 0 Å². The van der Waals surface area contributed by atoms with Crippen molar-refractivity contribution in [2.45, 2.75) is 44.9 Å². The first kappa shape index (κ1) is 10.8. The molecule has 0 atom stereocenters. The Morgan fingerprint density at radius 1 is 1.00 bits per heavy atom. The average Bonchev–Trinajstić information content (AvgIpc) is 2.27. The van der Waals surface area contributed by atoms with Gasteiger partial charge in [-0.15, -0.1) is 0 Å². The monoisotopic (exact) mass is 234 g/mol. The van der Waals surface area contributed by atoms with Gasteiger partial charge in [0.1, 0.15) is 0 Å². The highest BCUT2D eigenvalue weighted by Gasteiger charge is 2.51. The summed E-state index contributed by atoms with van der Waals surface area (Å²) in [5.74, 6) is 3.33. The molecule has 2 nitrogen and oxygen atoms in total. The lowest BCUT2D eigenvalue weighted by molar-refractivity contribution is -0.0716. The van der Waals surface area contributed by atoms with E-state index in [0.29, 0.717) is 0 Å². The van der Waals surface area contributed by atoms with Gasteiger partial charge in [0.05, 0.1) is 0 Å². The normalized spacial score (nSPS) is 49.8. The number of hydrogen-bond acceptors (Lipinski definition) is 2.